The van der Waals surface area contributed by atoms with Crippen molar-refractivity contribution in [1.29, 1.82) is 0 Å². The van der Waals surface area contributed by atoms with Crippen LogP contribution in [0.1, 0.15) is 18.9 Å². The molecule has 0 amide bonds. The molecule has 0 aromatic heterocycles. The molecule has 0 aliphatic heterocycles. The highest BCUT2D eigenvalue weighted by atomic mass is 16.5. The van der Waals surface area contributed by atoms with Gasteiger partial charge in [-0.05, 0) is 18.4 Å². The minimum absolute atomic E-state index is 0.384. The molecule has 2 unspecified atom stereocenters. The van der Waals surface area contributed by atoms with Crippen molar-refractivity contribution in [3.8, 4) is 0 Å². The fraction of sp³-hybridized carbons (Fsp3) is 0.571. The van der Waals surface area contributed by atoms with Gasteiger partial charge in [-0.3, -0.25) is 0 Å². The molecule has 1 rings (SSSR count). The number of aliphatic hydroxyl groups is 1. The van der Waals surface area contributed by atoms with E-state index in [0.717, 1.165) is 12.8 Å². The number of methoxy groups -OCH3 is 1. The standard InChI is InChI=1S/C14H23NO2/c1-3-13(15-10-14(16)11-17-2)9-12-7-5-4-6-8-12/h4-8,13-16H,3,9-11H2,1-2H3. The summed E-state index contributed by atoms with van der Waals surface area (Å²) in [7, 11) is 1.60. The van der Waals surface area contributed by atoms with E-state index in [1.807, 2.05) is 6.07 Å². The van der Waals surface area contributed by atoms with Gasteiger partial charge in [-0.2, -0.15) is 0 Å². The molecule has 0 saturated carbocycles. The van der Waals surface area contributed by atoms with Crippen LogP contribution in [-0.2, 0) is 11.2 Å². The number of benzene rings is 1. The summed E-state index contributed by atoms with van der Waals surface area (Å²) in [6, 6.07) is 10.8. The predicted molar refractivity (Wildman–Crippen MR) is 70.1 cm³/mol. The molecule has 17 heavy (non-hydrogen) atoms. The van der Waals surface area contributed by atoms with E-state index in [9.17, 15) is 5.11 Å². The van der Waals surface area contributed by atoms with Gasteiger partial charge in [0.05, 0.1) is 12.7 Å². The largest absolute Gasteiger partial charge is 0.389 e. The van der Waals surface area contributed by atoms with Crippen LogP contribution in [0.25, 0.3) is 0 Å². The Hall–Kier alpha value is -0.900. The molecular formula is C14H23NO2. The number of nitrogens with one attached hydrogen (secondary N) is 1. The van der Waals surface area contributed by atoms with Gasteiger partial charge in [0, 0.05) is 19.7 Å². The highest BCUT2D eigenvalue weighted by Crippen LogP contribution is 2.05. The number of rotatable bonds is 8. The lowest BCUT2D eigenvalue weighted by Gasteiger charge is -2.19. The topological polar surface area (TPSA) is 41.5 Å². The summed E-state index contributed by atoms with van der Waals surface area (Å²) in [6.07, 6.45) is 1.62. The molecular weight excluding hydrogens is 214 g/mol. The SMILES string of the molecule is CCC(Cc1ccccc1)NCC(O)COC. The Morgan fingerprint density at radius 2 is 2.00 bits per heavy atom. The van der Waals surface area contributed by atoms with Gasteiger partial charge in [-0.25, -0.2) is 0 Å². The number of hydrogen-bond acceptors (Lipinski definition) is 3. The molecule has 0 saturated heterocycles. The van der Waals surface area contributed by atoms with Crippen molar-refractivity contribution in [3.63, 3.8) is 0 Å². The normalized spacial score (nSPS) is 14.5. The van der Waals surface area contributed by atoms with Crippen molar-refractivity contribution >= 4 is 0 Å². The van der Waals surface area contributed by atoms with Crippen LogP contribution in [0.5, 0.6) is 0 Å². The lowest BCUT2D eigenvalue weighted by Crippen LogP contribution is -2.38. The number of hydrogen-bond donors (Lipinski definition) is 2. The zero-order valence-electron chi connectivity index (χ0n) is 10.7. The summed E-state index contributed by atoms with van der Waals surface area (Å²) in [6.45, 7) is 3.12. The van der Waals surface area contributed by atoms with E-state index in [4.69, 9.17) is 4.74 Å². The van der Waals surface area contributed by atoms with E-state index in [0.29, 0.717) is 19.2 Å². The van der Waals surface area contributed by atoms with Crippen molar-refractivity contribution in [2.45, 2.75) is 31.9 Å². The Morgan fingerprint density at radius 1 is 1.29 bits per heavy atom. The van der Waals surface area contributed by atoms with Crippen LogP contribution in [0.15, 0.2) is 30.3 Å². The first-order valence-electron chi connectivity index (χ1n) is 6.20. The second-order valence-corrected chi connectivity index (χ2v) is 4.31. The molecule has 0 radical (unpaired) electrons. The maximum absolute atomic E-state index is 9.57. The smallest absolute Gasteiger partial charge is 0.0897 e. The maximum atomic E-state index is 9.57. The molecule has 2 N–H and O–H groups in total. The van der Waals surface area contributed by atoms with Crippen LogP contribution >= 0.6 is 0 Å². The van der Waals surface area contributed by atoms with E-state index >= 15 is 0 Å². The highest BCUT2D eigenvalue weighted by molar-refractivity contribution is 5.15. The Labute approximate surface area is 104 Å². The van der Waals surface area contributed by atoms with Crippen molar-refractivity contribution in [2.24, 2.45) is 0 Å². The van der Waals surface area contributed by atoms with E-state index in [1.54, 1.807) is 7.11 Å². The molecule has 0 fully saturated rings. The molecule has 1 aromatic carbocycles. The van der Waals surface area contributed by atoms with Crippen LogP contribution in [0.4, 0.5) is 0 Å². The maximum Gasteiger partial charge on any atom is 0.0897 e. The Balaban J connectivity index is 2.34. The molecule has 1 aromatic rings. The minimum atomic E-state index is -0.426. The van der Waals surface area contributed by atoms with Gasteiger partial charge < -0.3 is 15.2 Å². The summed E-state index contributed by atoms with van der Waals surface area (Å²) >= 11 is 0. The third-order valence-corrected chi connectivity index (χ3v) is 2.82. The van der Waals surface area contributed by atoms with Gasteiger partial charge in [-0.1, -0.05) is 37.3 Å². The first-order chi connectivity index (χ1) is 8.26. The number of aliphatic hydroxyl groups excluding tert-OH is 1. The Kier molecular flexibility index (Phi) is 6.86. The first-order valence-corrected chi connectivity index (χ1v) is 6.20. The Bertz CT molecular complexity index is 290. The third-order valence-electron chi connectivity index (χ3n) is 2.82. The van der Waals surface area contributed by atoms with E-state index in [1.165, 1.54) is 5.56 Å². The molecule has 0 aliphatic rings. The number of ether oxygens (including phenoxy) is 1. The molecule has 96 valence electrons. The second-order valence-electron chi connectivity index (χ2n) is 4.31. The Morgan fingerprint density at radius 3 is 2.59 bits per heavy atom. The zero-order chi connectivity index (χ0) is 12.5. The summed E-state index contributed by atoms with van der Waals surface area (Å²) in [5, 5.41) is 12.9. The molecule has 2 atom stereocenters. The fourth-order valence-corrected chi connectivity index (χ4v) is 1.81. The molecule has 3 heteroatoms. The average molecular weight is 237 g/mol. The molecule has 0 heterocycles. The van der Waals surface area contributed by atoms with Gasteiger partial charge in [-0.15, -0.1) is 0 Å². The first kappa shape index (κ1) is 14.2. The zero-order valence-corrected chi connectivity index (χ0v) is 10.7. The van der Waals surface area contributed by atoms with Crippen molar-refractivity contribution < 1.29 is 9.84 Å². The van der Waals surface area contributed by atoms with E-state index in [-0.39, 0.29) is 0 Å². The highest BCUT2D eigenvalue weighted by Gasteiger charge is 2.09. The minimum Gasteiger partial charge on any atom is -0.389 e. The molecule has 0 spiro atoms. The monoisotopic (exact) mass is 237 g/mol. The van der Waals surface area contributed by atoms with Crippen LogP contribution in [0, 0.1) is 0 Å². The summed E-state index contributed by atoms with van der Waals surface area (Å²) in [4.78, 5) is 0. The summed E-state index contributed by atoms with van der Waals surface area (Å²) in [5.41, 5.74) is 1.33. The van der Waals surface area contributed by atoms with Crippen molar-refractivity contribution in [2.75, 3.05) is 20.3 Å². The lowest BCUT2D eigenvalue weighted by atomic mass is 10.0. The van der Waals surface area contributed by atoms with Gasteiger partial charge in [0.15, 0.2) is 0 Å². The quantitative estimate of drug-likeness (QED) is 0.721. The predicted octanol–water partition coefficient (Wildman–Crippen LogP) is 1.60. The summed E-state index contributed by atoms with van der Waals surface area (Å²) < 4.78 is 4.90. The molecule has 3 nitrogen and oxygen atoms in total. The van der Waals surface area contributed by atoms with Crippen molar-refractivity contribution in [1.82, 2.24) is 5.32 Å². The second kappa shape index (κ2) is 8.23. The van der Waals surface area contributed by atoms with Crippen LogP contribution in [0.3, 0.4) is 0 Å². The summed E-state index contributed by atoms with van der Waals surface area (Å²) in [5.74, 6) is 0. The van der Waals surface area contributed by atoms with Crippen LogP contribution < -0.4 is 5.32 Å². The lowest BCUT2D eigenvalue weighted by molar-refractivity contribution is 0.0626. The average Bonchev–Trinajstić information content (AvgIpc) is 2.36. The molecule has 0 bridgehead atoms. The van der Waals surface area contributed by atoms with Crippen LogP contribution in [0.2, 0.25) is 0 Å². The van der Waals surface area contributed by atoms with Crippen LogP contribution in [-0.4, -0.2) is 37.5 Å². The van der Waals surface area contributed by atoms with Gasteiger partial charge in [0.2, 0.25) is 0 Å². The van der Waals surface area contributed by atoms with Crippen molar-refractivity contribution in [3.05, 3.63) is 35.9 Å². The van der Waals surface area contributed by atoms with Gasteiger partial charge in [0.1, 0.15) is 0 Å². The van der Waals surface area contributed by atoms with Gasteiger partial charge in [0.25, 0.3) is 0 Å². The fourth-order valence-electron chi connectivity index (χ4n) is 1.81. The van der Waals surface area contributed by atoms with E-state index in [2.05, 4.69) is 36.5 Å². The third kappa shape index (κ3) is 5.82. The molecule has 0 aliphatic carbocycles. The van der Waals surface area contributed by atoms with E-state index < -0.39 is 6.10 Å². The van der Waals surface area contributed by atoms with Gasteiger partial charge >= 0.3 is 0 Å².